The highest BCUT2D eigenvalue weighted by Crippen LogP contribution is 2.02. The van der Waals surface area contributed by atoms with Gasteiger partial charge in [-0.25, -0.2) is 0 Å². The minimum atomic E-state index is 0.591. The quantitative estimate of drug-likeness (QED) is 0.631. The van der Waals surface area contributed by atoms with E-state index < -0.39 is 0 Å². The molecule has 0 aromatic carbocycles. The van der Waals surface area contributed by atoms with Crippen molar-refractivity contribution >= 4 is 0 Å². The van der Waals surface area contributed by atoms with Crippen molar-refractivity contribution in [2.45, 2.75) is 46.2 Å². The second kappa shape index (κ2) is 7.02. The van der Waals surface area contributed by atoms with Crippen LogP contribution in [0.2, 0.25) is 0 Å². The molecule has 0 aliphatic rings. The fraction of sp³-hybridized carbons (Fsp3) is 0.833. The average molecular weight is 198 g/mol. The van der Waals surface area contributed by atoms with E-state index in [1.54, 1.807) is 0 Å². The summed E-state index contributed by atoms with van der Waals surface area (Å²) in [5.74, 6) is 0. The Labute approximate surface area is 89.4 Å². The van der Waals surface area contributed by atoms with Gasteiger partial charge in [0.05, 0.1) is 0 Å². The van der Waals surface area contributed by atoms with Gasteiger partial charge >= 0.3 is 0 Å². The van der Waals surface area contributed by atoms with E-state index in [0.717, 1.165) is 13.1 Å². The predicted molar refractivity (Wildman–Crippen MR) is 64.7 cm³/mol. The van der Waals surface area contributed by atoms with Gasteiger partial charge < -0.3 is 5.32 Å². The first-order chi connectivity index (χ1) is 6.43. The molecule has 0 heterocycles. The lowest BCUT2D eigenvalue weighted by molar-refractivity contribution is 0.262. The minimum Gasteiger partial charge on any atom is -0.314 e. The molecule has 2 heteroatoms. The normalized spacial score (nSPS) is 13.6. The number of nitrogens with one attached hydrogen (secondary N) is 1. The van der Waals surface area contributed by atoms with Crippen molar-refractivity contribution < 1.29 is 0 Å². The summed E-state index contributed by atoms with van der Waals surface area (Å²) in [6.45, 7) is 14.7. The van der Waals surface area contributed by atoms with Crippen LogP contribution in [0, 0.1) is 0 Å². The molecular formula is C12H26N2. The lowest BCUT2D eigenvalue weighted by Crippen LogP contribution is -2.34. The first-order valence-corrected chi connectivity index (χ1v) is 5.51. The van der Waals surface area contributed by atoms with Crippen LogP contribution in [0.3, 0.4) is 0 Å². The van der Waals surface area contributed by atoms with Crippen LogP contribution in [-0.4, -0.2) is 37.1 Å². The molecular weight excluding hydrogens is 172 g/mol. The number of nitrogens with zero attached hydrogens (tertiary/aromatic N) is 1. The molecule has 0 amide bonds. The van der Waals surface area contributed by atoms with E-state index in [-0.39, 0.29) is 0 Å². The number of likely N-dealkylation sites (N-methyl/N-ethyl adjacent to an activating group) is 1. The van der Waals surface area contributed by atoms with Gasteiger partial charge in [0.1, 0.15) is 0 Å². The van der Waals surface area contributed by atoms with Crippen LogP contribution in [-0.2, 0) is 0 Å². The highest BCUT2D eigenvalue weighted by molar-refractivity contribution is 4.92. The number of rotatable bonds is 7. The summed E-state index contributed by atoms with van der Waals surface area (Å²) >= 11 is 0. The Morgan fingerprint density at radius 2 is 1.93 bits per heavy atom. The Kier molecular flexibility index (Phi) is 6.85. The minimum absolute atomic E-state index is 0.591. The van der Waals surface area contributed by atoms with Crippen LogP contribution >= 0.6 is 0 Å². The summed E-state index contributed by atoms with van der Waals surface area (Å²) in [6.07, 6.45) is 1.20. The molecule has 84 valence electrons. The van der Waals surface area contributed by atoms with Gasteiger partial charge in [0.25, 0.3) is 0 Å². The second-order valence-electron chi connectivity index (χ2n) is 4.62. The van der Waals surface area contributed by atoms with Gasteiger partial charge in [-0.2, -0.15) is 0 Å². The maximum atomic E-state index is 3.93. The van der Waals surface area contributed by atoms with Gasteiger partial charge in [0.2, 0.25) is 0 Å². The summed E-state index contributed by atoms with van der Waals surface area (Å²) in [7, 11) is 2.16. The largest absolute Gasteiger partial charge is 0.314 e. The fourth-order valence-electron chi connectivity index (χ4n) is 1.38. The van der Waals surface area contributed by atoms with Crippen LogP contribution in [0.15, 0.2) is 12.2 Å². The maximum absolute atomic E-state index is 3.93. The third kappa shape index (κ3) is 7.10. The van der Waals surface area contributed by atoms with E-state index in [2.05, 4.69) is 51.5 Å². The molecule has 1 atom stereocenters. The third-order valence-corrected chi connectivity index (χ3v) is 2.39. The molecule has 0 aliphatic heterocycles. The van der Waals surface area contributed by atoms with E-state index in [1.807, 2.05) is 0 Å². The molecule has 1 unspecified atom stereocenters. The van der Waals surface area contributed by atoms with Crippen LogP contribution in [0.4, 0.5) is 0 Å². The Morgan fingerprint density at radius 1 is 1.36 bits per heavy atom. The van der Waals surface area contributed by atoms with Gasteiger partial charge in [0, 0.05) is 18.6 Å². The van der Waals surface area contributed by atoms with E-state index >= 15 is 0 Å². The van der Waals surface area contributed by atoms with E-state index in [4.69, 9.17) is 0 Å². The van der Waals surface area contributed by atoms with Gasteiger partial charge in [-0.1, -0.05) is 26.0 Å². The van der Waals surface area contributed by atoms with Gasteiger partial charge in [-0.05, 0) is 33.9 Å². The third-order valence-electron chi connectivity index (χ3n) is 2.39. The van der Waals surface area contributed by atoms with Crippen LogP contribution < -0.4 is 5.32 Å². The summed E-state index contributed by atoms with van der Waals surface area (Å²) in [5.41, 5.74) is 1.23. The summed E-state index contributed by atoms with van der Waals surface area (Å²) in [5, 5.41) is 3.44. The highest BCUT2D eigenvalue weighted by atomic mass is 15.1. The van der Waals surface area contributed by atoms with Crippen molar-refractivity contribution in [2.24, 2.45) is 0 Å². The zero-order valence-electron chi connectivity index (χ0n) is 10.4. The SMILES string of the molecule is C=C(C)CN(C)C(C)CCNC(C)C. The van der Waals surface area contributed by atoms with Crippen molar-refractivity contribution in [3.63, 3.8) is 0 Å². The first kappa shape index (κ1) is 13.7. The van der Waals surface area contributed by atoms with Crippen LogP contribution in [0.1, 0.15) is 34.1 Å². The van der Waals surface area contributed by atoms with Crippen molar-refractivity contribution in [1.82, 2.24) is 10.2 Å². The zero-order chi connectivity index (χ0) is 11.1. The molecule has 0 aromatic rings. The first-order valence-electron chi connectivity index (χ1n) is 5.51. The predicted octanol–water partition coefficient (Wildman–Crippen LogP) is 2.27. The summed E-state index contributed by atoms with van der Waals surface area (Å²) in [6, 6.07) is 1.21. The highest BCUT2D eigenvalue weighted by Gasteiger charge is 2.08. The van der Waals surface area contributed by atoms with E-state index in [1.165, 1.54) is 12.0 Å². The Balaban J connectivity index is 3.61. The molecule has 0 aromatic heterocycles. The van der Waals surface area contributed by atoms with Gasteiger partial charge in [-0.15, -0.1) is 0 Å². The van der Waals surface area contributed by atoms with Crippen LogP contribution in [0.5, 0.6) is 0 Å². The molecule has 0 radical (unpaired) electrons. The number of hydrogen-bond donors (Lipinski definition) is 1. The smallest absolute Gasteiger partial charge is 0.0187 e. The molecule has 0 saturated carbocycles. The Morgan fingerprint density at radius 3 is 2.36 bits per heavy atom. The maximum Gasteiger partial charge on any atom is 0.0187 e. The molecule has 2 nitrogen and oxygen atoms in total. The molecule has 0 rings (SSSR count). The molecule has 14 heavy (non-hydrogen) atoms. The van der Waals surface area contributed by atoms with Crippen molar-refractivity contribution in [2.75, 3.05) is 20.1 Å². The van der Waals surface area contributed by atoms with E-state index in [9.17, 15) is 0 Å². The number of hydrogen-bond acceptors (Lipinski definition) is 2. The molecule has 0 spiro atoms. The van der Waals surface area contributed by atoms with Crippen molar-refractivity contribution in [1.29, 1.82) is 0 Å². The Hall–Kier alpha value is -0.340. The molecule has 0 bridgehead atoms. The molecule has 0 aliphatic carbocycles. The lowest BCUT2D eigenvalue weighted by Gasteiger charge is -2.25. The van der Waals surface area contributed by atoms with Crippen LogP contribution in [0.25, 0.3) is 0 Å². The standard InChI is InChI=1S/C12H26N2/c1-10(2)9-14(6)12(5)7-8-13-11(3)4/h11-13H,1,7-9H2,2-6H3. The second-order valence-corrected chi connectivity index (χ2v) is 4.62. The fourth-order valence-corrected chi connectivity index (χ4v) is 1.38. The van der Waals surface area contributed by atoms with Crippen molar-refractivity contribution in [3.8, 4) is 0 Å². The average Bonchev–Trinajstić information content (AvgIpc) is 2.01. The summed E-state index contributed by atoms with van der Waals surface area (Å²) < 4.78 is 0. The molecule has 1 N–H and O–H groups in total. The molecule has 0 fully saturated rings. The monoisotopic (exact) mass is 198 g/mol. The molecule has 0 saturated heterocycles. The van der Waals surface area contributed by atoms with Crippen molar-refractivity contribution in [3.05, 3.63) is 12.2 Å². The van der Waals surface area contributed by atoms with E-state index in [0.29, 0.717) is 12.1 Å². The summed E-state index contributed by atoms with van der Waals surface area (Å²) in [4.78, 5) is 2.35. The Bertz CT molecular complexity index is 164. The zero-order valence-corrected chi connectivity index (χ0v) is 10.4. The topological polar surface area (TPSA) is 15.3 Å². The van der Waals surface area contributed by atoms with Gasteiger partial charge in [-0.3, -0.25) is 4.90 Å². The van der Waals surface area contributed by atoms with Gasteiger partial charge in [0.15, 0.2) is 0 Å². The lowest BCUT2D eigenvalue weighted by atomic mass is 10.2.